The highest BCUT2D eigenvalue weighted by Crippen LogP contribution is 2.26. The molecule has 3 rings (SSSR count). The number of hydrogen-bond donors (Lipinski definition) is 1. The van der Waals surface area contributed by atoms with Crippen LogP contribution < -0.4 is 0 Å². The van der Waals surface area contributed by atoms with E-state index in [0.29, 0.717) is 29.9 Å². The lowest BCUT2D eigenvalue weighted by atomic mass is 9.97. The summed E-state index contributed by atoms with van der Waals surface area (Å²) in [7, 11) is 0. The van der Waals surface area contributed by atoms with Crippen molar-refractivity contribution < 1.29 is 9.32 Å². The zero-order chi connectivity index (χ0) is 15.7. The van der Waals surface area contributed by atoms with Crippen LogP contribution in [0.4, 0.5) is 0 Å². The first-order valence-electron chi connectivity index (χ1n) is 7.69. The van der Waals surface area contributed by atoms with Crippen molar-refractivity contribution >= 4 is 5.91 Å². The van der Waals surface area contributed by atoms with Crippen LogP contribution in [0.15, 0.2) is 10.6 Å². The van der Waals surface area contributed by atoms with E-state index in [4.69, 9.17) is 4.52 Å². The van der Waals surface area contributed by atoms with Gasteiger partial charge in [-0.05, 0) is 24.8 Å². The molecule has 1 aliphatic rings. The van der Waals surface area contributed by atoms with Gasteiger partial charge in [0.1, 0.15) is 5.69 Å². The smallest absolute Gasteiger partial charge is 0.274 e. The van der Waals surface area contributed by atoms with E-state index in [9.17, 15) is 4.79 Å². The van der Waals surface area contributed by atoms with Crippen molar-refractivity contribution in [2.24, 2.45) is 0 Å². The first-order valence-corrected chi connectivity index (χ1v) is 7.69. The summed E-state index contributed by atoms with van der Waals surface area (Å²) in [5.74, 6) is 1.68. The zero-order valence-corrected chi connectivity index (χ0v) is 13.2. The van der Waals surface area contributed by atoms with Crippen molar-refractivity contribution in [1.29, 1.82) is 0 Å². The summed E-state index contributed by atoms with van der Waals surface area (Å²) in [6.07, 6.45) is 1.91. The molecule has 1 aliphatic heterocycles. The van der Waals surface area contributed by atoms with E-state index in [0.717, 1.165) is 25.1 Å². The van der Waals surface area contributed by atoms with Gasteiger partial charge in [-0.2, -0.15) is 10.1 Å². The van der Waals surface area contributed by atoms with Crippen molar-refractivity contribution in [2.75, 3.05) is 13.1 Å². The average molecular weight is 303 g/mol. The van der Waals surface area contributed by atoms with Crippen molar-refractivity contribution in [1.82, 2.24) is 25.2 Å². The molecule has 7 heteroatoms. The lowest BCUT2D eigenvalue weighted by Gasteiger charge is -2.30. The minimum Gasteiger partial charge on any atom is -0.340 e. The molecule has 2 aromatic heterocycles. The number of nitrogens with zero attached hydrogens (tertiary/aromatic N) is 4. The molecule has 0 aromatic carbocycles. The molecular formula is C15H21N5O2. The maximum atomic E-state index is 12.6. The van der Waals surface area contributed by atoms with Crippen LogP contribution in [0.1, 0.15) is 66.4 Å². The predicted octanol–water partition coefficient (Wildman–Crippen LogP) is 2.24. The Morgan fingerprint density at radius 2 is 2.32 bits per heavy atom. The first-order chi connectivity index (χ1) is 10.5. The zero-order valence-electron chi connectivity index (χ0n) is 13.2. The van der Waals surface area contributed by atoms with Gasteiger partial charge < -0.3 is 9.42 Å². The van der Waals surface area contributed by atoms with Crippen molar-refractivity contribution in [3.05, 3.63) is 29.2 Å². The molecule has 0 bridgehead atoms. The number of carbonyl (C=O) groups excluding carboxylic acids is 1. The molecule has 22 heavy (non-hydrogen) atoms. The Bertz CT molecular complexity index is 660. The fraction of sp³-hybridized carbons (Fsp3) is 0.600. The van der Waals surface area contributed by atoms with Gasteiger partial charge in [-0.25, -0.2) is 0 Å². The second-order valence-corrected chi connectivity index (χ2v) is 6.13. The molecule has 0 saturated carbocycles. The first kappa shape index (κ1) is 14.7. The third-order valence-electron chi connectivity index (χ3n) is 4.06. The topological polar surface area (TPSA) is 87.9 Å². The van der Waals surface area contributed by atoms with Crippen LogP contribution in [0, 0.1) is 6.92 Å². The summed E-state index contributed by atoms with van der Waals surface area (Å²) in [4.78, 5) is 18.7. The lowest BCUT2D eigenvalue weighted by Crippen LogP contribution is -2.39. The largest absolute Gasteiger partial charge is 0.340 e. The van der Waals surface area contributed by atoms with Gasteiger partial charge in [0.15, 0.2) is 5.82 Å². The highest BCUT2D eigenvalue weighted by molar-refractivity contribution is 5.92. The molecule has 1 amide bonds. The summed E-state index contributed by atoms with van der Waals surface area (Å²) in [6.45, 7) is 7.27. The highest BCUT2D eigenvalue weighted by Gasteiger charge is 2.29. The van der Waals surface area contributed by atoms with Crippen LogP contribution in [0.2, 0.25) is 0 Å². The van der Waals surface area contributed by atoms with E-state index in [1.807, 2.05) is 11.0 Å². The molecule has 1 fully saturated rings. The van der Waals surface area contributed by atoms with Crippen LogP contribution >= 0.6 is 0 Å². The second-order valence-electron chi connectivity index (χ2n) is 6.13. The van der Waals surface area contributed by atoms with Crippen LogP contribution in [0.5, 0.6) is 0 Å². The Morgan fingerprint density at radius 3 is 2.95 bits per heavy atom. The van der Waals surface area contributed by atoms with Gasteiger partial charge in [-0.15, -0.1) is 0 Å². The Kier molecular flexibility index (Phi) is 3.96. The molecule has 0 spiro atoms. The Hall–Kier alpha value is -2.18. The Balaban J connectivity index is 1.72. The van der Waals surface area contributed by atoms with Gasteiger partial charge in [0.2, 0.25) is 5.89 Å². The summed E-state index contributed by atoms with van der Waals surface area (Å²) in [5, 5.41) is 11.1. The van der Waals surface area contributed by atoms with Gasteiger partial charge in [0.25, 0.3) is 5.91 Å². The molecule has 0 radical (unpaired) electrons. The third-order valence-corrected chi connectivity index (χ3v) is 4.06. The molecule has 7 nitrogen and oxygen atoms in total. The van der Waals surface area contributed by atoms with E-state index in [1.54, 1.807) is 6.92 Å². The number of hydrogen-bond acceptors (Lipinski definition) is 5. The molecule has 1 N–H and O–H groups in total. The number of rotatable bonds is 3. The number of H-pyrrole nitrogens is 1. The number of carbonyl (C=O) groups is 1. The predicted molar refractivity (Wildman–Crippen MR) is 79.6 cm³/mol. The van der Waals surface area contributed by atoms with Gasteiger partial charge in [0.05, 0.1) is 0 Å². The molecule has 0 aliphatic carbocycles. The van der Waals surface area contributed by atoms with Gasteiger partial charge in [-0.1, -0.05) is 19.0 Å². The normalized spacial score (nSPS) is 18.9. The van der Waals surface area contributed by atoms with Crippen molar-refractivity contribution in [2.45, 2.75) is 45.4 Å². The standard InChI is InChI=1S/C15H21N5O2/c1-9(2)12-7-13(18-17-12)15(21)20-6-4-5-11(8-20)14-16-10(3)22-19-14/h7,9,11H,4-6,8H2,1-3H3,(H,17,18). The second kappa shape index (κ2) is 5.90. The number of nitrogens with one attached hydrogen (secondary N) is 1. The van der Waals surface area contributed by atoms with Crippen molar-refractivity contribution in [3.63, 3.8) is 0 Å². The van der Waals surface area contributed by atoms with Gasteiger partial charge in [-0.3, -0.25) is 9.89 Å². The maximum Gasteiger partial charge on any atom is 0.274 e. The fourth-order valence-electron chi connectivity index (χ4n) is 2.76. The van der Waals surface area contributed by atoms with Gasteiger partial charge >= 0.3 is 0 Å². The van der Waals surface area contributed by atoms with Crippen LogP contribution in [0.3, 0.4) is 0 Å². The molecule has 1 unspecified atom stereocenters. The fourth-order valence-corrected chi connectivity index (χ4v) is 2.76. The number of likely N-dealkylation sites (tertiary alicyclic amines) is 1. The van der Waals surface area contributed by atoms with Crippen LogP contribution in [0.25, 0.3) is 0 Å². The maximum absolute atomic E-state index is 12.6. The van der Waals surface area contributed by atoms with E-state index >= 15 is 0 Å². The number of aromatic nitrogens is 4. The SMILES string of the molecule is Cc1nc(C2CCCN(C(=O)c3cc(C(C)C)[nH]n3)C2)no1. The summed E-state index contributed by atoms with van der Waals surface area (Å²) < 4.78 is 5.05. The number of aromatic amines is 1. The quantitative estimate of drug-likeness (QED) is 0.939. The Morgan fingerprint density at radius 1 is 1.50 bits per heavy atom. The number of piperidine rings is 1. The van der Waals surface area contributed by atoms with E-state index in [1.165, 1.54) is 0 Å². The van der Waals surface area contributed by atoms with E-state index in [-0.39, 0.29) is 11.8 Å². The van der Waals surface area contributed by atoms with E-state index < -0.39 is 0 Å². The molecular weight excluding hydrogens is 282 g/mol. The summed E-state index contributed by atoms with van der Waals surface area (Å²) in [6, 6.07) is 1.84. The van der Waals surface area contributed by atoms with E-state index in [2.05, 4.69) is 34.2 Å². The number of amides is 1. The lowest BCUT2D eigenvalue weighted by molar-refractivity contribution is 0.0697. The molecule has 1 saturated heterocycles. The molecule has 2 aromatic rings. The molecule has 118 valence electrons. The third kappa shape index (κ3) is 2.88. The monoisotopic (exact) mass is 303 g/mol. The minimum absolute atomic E-state index is 0.0342. The van der Waals surface area contributed by atoms with Gasteiger partial charge in [0, 0.05) is 31.6 Å². The van der Waals surface area contributed by atoms with Crippen LogP contribution in [-0.4, -0.2) is 44.2 Å². The van der Waals surface area contributed by atoms with Crippen LogP contribution in [-0.2, 0) is 0 Å². The minimum atomic E-state index is -0.0342. The highest BCUT2D eigenvalue weighted by atomic mass is 16.5. The van der Waals surface area contributed by atoms with Crippen molar-refractivity contribution in [3.8, 4) is 0 Å². The Labute approximate surface area is 129 Å². The molecule has 3 heterocycles. The summed E-state index contributed by atoms with van der Waals surface area (Å²) >= 11 is 0. The average Bonchev–Trinajstić information content (AvgIpc) is 3.15. The number of aryl methyl sites for hydroxylation is 1. The summed E-state index contributed by atoms with van der Waals surface area (Å²) in [5.41, 5.74) is 1.46. The molecule has 1 atom stereocenters.